The van der Waals surface area contributed by atoms with Crippen LogP contribution in [0.5, 0.6) is 0 Å². The Kier molecular flexibility index (Phi) is 7.56. The lowest BCUT2D eigenvalue weighted by Crippen LogP contribution is -2.57. The molecule has 4 rings (SSSR count). The van der Waals surface area contributed by atoms with Crippen molar-refractivity contribution < 1.29 is 5.11 Å². The molecule has 0 aliphatic carbocycles. The average Bonchev–Trinajstić information content (AvgIpc) is 2.78. The van der Waals surface area contributed by atoms with Gasteiger partial charge in [0.1, 0.15) is 0 Å². The SMILES string of the molecule is Cc1ccccc1CN1CCN(C2CCN(Cc3ccccc3)CC2)CC1CCO. The van der Waals surface area contributed by atoms with Gasteiger partial charge in [-0.25, -0.2) is 0 Å². The van der Waals surface area contributed by atoms with Crippen molar-refractivity contribution in [3.63, 3.8) is 0 Å². The Bertz CT molecular complexity index is 773. The molecule has 162 valence electrons. The standard InChI is InChI=1S/C26H37N3O/c1-22-7-5-6-10-24(22)20-28-16-17-29(21-26(28)13-18-30)25-11-14-27(15-12-25)19-23-8-3-2-4-9-23/h2-10,25-26,30H,11-21H2,1H3. The highest BCUT2D eigenvalue weighted by molar-refractivity contribution is 5.25. The van der Waals surface area contributed by atoms with E-state index < -0.39 is 0 Å². The minimum Gasteiger partial charge on any atom is -0.396 e. The number of piperazine rings is 1. The molecule has 2 aromatic carbocycles. The van der Waals surface area contributed by atoms with E-state index in [2.05, 4.69) is 76.2 Å². The van der Waals surface area contributed by atoms with Crippen molar-refractivity contribution in [2.75, 3.05) is 39.3 Å². The molecule has 0 aromatic heterocycles. The van der Waals surface area contributed by atoms with E-state index >= 15 is 0 Å². The number of aliphatic hydroxyl groups excluding tert-OH is 1. The van der Waals surface area contributed by atoms with Crippen LogP contribution in [-0.4, -0.2) is 71.2 Å². The summed E-state index contributed by atoms with van der Waals surface area (Å²) in [7, 11) is 0. The zero-order valence-electron chi connectivity index (χ0n) is 18.4. The summed E-state index contributed by atoms with van der Waals surface area (Å²) < 4.78 is 0. The molecule has 4 heteroatoms. The summed E-state index contributed by atoms with van der Waals surface area (Å²) in [6, 6.07) is 20.7. The van der Waals surface area contributed by atoms with E-state index in [-0.39, 0.29) is 6.61 Å². The summed E-state index contributed by atoms with van der Waals surface area (Å²) in [5.41, 5.74) is 4.21. The molecule has 1 atom stereocenters. The van der Waals surface area contributed by atoms with Crippen LogP contribution in [-0.2, 0) is 13.1 Å². The fraction of sp³-hybridized carbons (Fsp3) is 0.538. The number of hydrogen-bond acceptors (Lipinski definition) is 4. The molecular formula is C26H37N3O. The molecule has 30 heavy (non-hydrogen) atoms. The van der Waals surface area contributed by atoms with Gasteiger partial charge in [-0.15, -0.1) is 0 Å². The Hall–Kier alpha value is -1.72. The summed E-state index contributed by atoms with van der Waals surface area (Å²) in [5, 5.41) is 9.68. The van der Waals surface area contributed by atoms with E-state index in [9.17, 15) is 5.11 Å². The molecule has 0 radical (unpaired) electrons. The van der Waals surface area contributed by atoms with Crippen LogP contribution in [0.1, 0.15) is 36.0 Å². The van der Waals surface area contributed by atoms with Crippen molar-refractivity contribution in [2.45, 2.75) is 51.4 Å². The molecule has 1 N–H and O–H groups in total. The molecule has 2 aliphatic rings. The summed E-state index contributed by atoms with van der Waals surface area (Å²) in [4.78, 5) is 7.92. The van der Waals surface area contributed by atoms with Crippen LogP contribution in [0.3, 0.4) is 0 Å². The Labute approximate surface area is 182 Å². The Morgan fingerprint density at radius 1 is 0.867 bits per heavy atom. The third-order valence-corrected chi connectivity index (χ3v) is 7.06. The topological polar surface area (TPSA) is 30.0 Å². The number of likely N-dealkylation sites (tertiary alicyclic amines) is 1. The zero-order chi connectivity index (χ0) is 20.8. The van der Waals surface area contributed by atoms with Gasteiger partial charge in [-0.05, 0) is 56.0 Å². The maximum atomic E-state index is 9.68. The molecule has 2 aromatic rings. The first kappa shape index (κ1) is 21.5. The second-order valence-electron chi connectivity index (χ2n) is 9.05. The maximum absolute atomic E-state index is 9.68. The smallest absolute Gasteiger partial charge is 0.0446 e. The van der Waals surface area contributed by atoms with Crippen LogP contribution < -0.4 is 0 Å². The minimum atomic E-state index is 0.276. The third kappa shape index (κ3) is 5.50. The first-order valence-electron chi connectivity index (χ1n) is 11.6. The van der Waals surface area contributed by atoms with Crippen LogP contribution in [0.4, 0.5) is 0 Å². The van der Waals surface area contributed by atoms with Crippen molar-refractivity contribution in [1.82, 2.24) is 14.7 Å². The normalized spacial score (nSPS) is 22.4. The van der Waals surface area contributed by atoms with Gasteiger partial charge in [0.25, 0.3) is 0 Å². The van der Waals surface area contributed by atoms with Crippen molar-refractivity contribution in [3.8, 4) is 0 Å². The number of piperidine rings is 1. The minimum absolute atomic E-state index is 0.276. The van der Waals surface area contributed by atoms with Gasteiger partial charge in [0.2, 0.25) is 0 Å². The van der Waals surface area contributed by atoms with Gasteiger partial charge in [0, 0.05) is 51.4 Å². The highest BCUT2D eigenvalue weighted by Crippen LogP contribution is 2.24. The number of aliphatic hydroxyl groups is 1. The summed E-state index contributed by atoms with van der Waals surface area (Å²) in [6.45, 7) is 10.3. The predicted molar refractivity (Wildman–Crippen MR) is 123 cm³/mol. The average molecular weight is 408 g/mol. The van der Waals surface area contributed by atoms with E-state index in [1.54, 1.807) is 0 Å². The third-order valence-electron chi connectivity index (χ3n) is 7.06. The second-order valence-corrected chi connectivity index (χ2v) is 9.05. The van der Waals surface area contributed by atoms with Gasteiger partial charge < -0.3 is 5.11 Å². The number of hydrogen-bond donors (Lipinski definition) is 1. The molecule has 4 nitrogen and oxygen atoms in total. The van der Waals surface area contributed by atoms with Crippen molar-refractivity contribution in [3.05, 3.63) is 71.3 Å². The van der Waals surface area contributed by atoms with Gasteiger partial charge in [0.05, 0.1) is 0 Å². The molecular weight excluding hydrogens is 370 g/mol. The first-order chi connectivity index (χ1) is 14.7. The van der Waals surface area contributed by atoms with Gasteiger partial charge in [-0.2, -0.15) is 0 Å². The lowest BCUT2D eigenvalue weighted by molar-refractivity contribution is 0.0122. The Morgan fingerprint density at radius 2 is 1.60 bits per heavy atom. The van der Waals surface area contributed by atoms with E-state index in [0.717, 1.165) is 39.1 Å². The molecule has 2 saturated heterocycles. The molecule has 2 heterocycles. The van der Waals surface area contributed by atoms with E-state index in [0.29, 0.717) is 12.1 Å². The molecule has 0 spiro atoms. The fourth-order valence-electron chi connectivity index (χ4n) is 5.17. The first-order valence-corrected chi connectivity index (χ1v) is 11.6. The molecule has 1 unspecified atom stereocenters. The lowest BCUT2D eigenvalue weighted by atomic mass is 9.98. The Balaban J connectivity index is 1.30. The van der Waals surface area contributed by atoms with Crippen molar-refractivity contribution in [1.29, 1.82) is 0 Å². The van der Waals surface area contributed by atoms with Crippen LogP contribution in [0.25, 0.3) is 0 Å². The zero-order valence-corrected chi connectivity index (χ0v) is 18.4. The Morgan fingerprint density at radius 3 is 2.33 bits per heavy atom. The van der Waals surface area contributed by atoms with Crippen LogP contribution in [0.2, 0.25) is 0 Å². The summed E-state index contributed by atoms with van der Waals surface area (Å²) in [6.07, 6.45) is 3.39. The van der Waals surface area contributed by atoms with Gasteiger partial charge in [-0.3, -0.25) is 14.7 Å². The lowest BCUT2D eigenvalue weighted by Gasteiger charge is -2.46. The molecule has 0 amide bonds. The second kappa shape index (κ2) is 10.5. The molecule has 2 fully saturated rings. The van der Waals surface area contributed by atoms with Gasteiger partial charge in [-0.1, -0.05) is 54.6 Å². The molecule has 0 saturated carbocycles. The molecule has 2 aliphatic heterocycles. The van der Waals surface area contributed by atoms with Crippen LogP contribution in [0, 0.1) is 6.92 Å². The van der Waals surface area contributed by atoms with E-state index in [4.69, 9.17) is 0 Å². The number of benzene rings is 2. The van der Waals surface area contributed by atoms with E-state index in [1.165, 1.54) is 42.6 Å². The van der Waals surface area contributed by atoms with Crippen LogP contribution >= 0.6 is 0 Å². The van der Waals surface area contributed by atoms with Crippen molar-refractivity contribution in [2.24, 2.45) is 0 Å². The number of nitrogens with zero attached hydrogens (tertiary/aromatic N) is 3. The molecule has 0 bridgehead atoms. The fourth-order valence-corrected chi connectivity index (χ4v) is 5.17. The predicted octanol–water partition coefficient (Wildman–Crippen LogP) is 3.53. The largest absolute Gasteiger partial charge is 0.396 e. The van der Waals surface area contributed by atoms with Crippen LogP contribution in [0.15, 0.2) is 54.6 Å². The summed E-state index contributed by atoms with van der Waals surface area (Å²) in [5.74, 6) is 0. The number of aryl methyl sites for hydroxylation is 1. The maximum Gasteiger partial charge on any atom is 0.0446 e. The monoisotopic (exact) mass is 407 g/mol. The highest BCUT2D eigenvalue weighted by Gasteiger charge is 2.32. The van der Waals surface area contributed by atoms with E-state index in [1.807, 2.05) is 0 Å². The van der Waals surface area contributed by atoms with Crippen molar-refractivity contribution >= 4 is 0 Å². The van der Waals surface area contributed by atoms with Gasteiger partial charge >= 0.3 is 0 Å². The van der Waals surface area contributed by atoms with Gasteiger partial charge in [0.15, 0.2) is 0 Å². The summed E-state index contributed by atoms with van der Waals surface area (Å²) >= 11 is 0. The number of rotatable bonds is 7. The highest BCUT2D eigenvalue weighted by atomic mass is 16.3. The quantitative estimate of drug-likeness (QED) is 0.761.